The zero-order valence-corrected chi connectivity index (χ0v) is 12.0. The lowest BCUT2D eigenvalue weighted by atomic mass is 10.1. The van der Waals surface area contributed by atoms with Gasteiger partial charge in [-0.2, -0.15) is 0 Å². The highest BCUT2D eigenvalue weighted by atomic mass is 32.2. The van der Waals surface area contributed by atoms with E-state index in [0.717, 1.165) is 5.56 Å². The molecule has 0 fully saturated rings. The highest BCUT2D eigenvalue weighted by Crippen LogP contribution is 2.31. The van der Waals surface area contributed by atoms with Crippen LogP contribution in [0.1, 0.15) is 17.2 Å². The summed E-state index contributed by atoms with van der Waals surface area (Å²) in [5.41, 5.74) is 8.49. The number of nitrogens with zero attached hydrogens (tertiary/aromatic N) is 1. The average Bonchev–Trinajstić information content (AvgIpc) is 2.45. The molecule has 104 valence electrons. The molecule has 2 aromatic rings. The van der Waals surface area contributed by atoms with Gasteiger partial charge < -0.3 is 5.73 Å². The number of thioether (sulfide) groups is 1. The third kappa shape index (κ3) is 3.59. The van der Waals surface area contributed by atoms with Gasteiger partial charge >= 0.3 is 0 Å². The number of benzene rings is 2. The van der Waals surface area contributed by atoms with Crippen molar-refractivity contribution in [2.24, 2.45) is 5.73 Å². The van der Waals surface area contributed by atoms with Crippen LogP contribution >= 0.6 is 11.8 Å². The fourth-order valence-electron chi connectivity index (χ4n) is 1.82. The fraction of sp³-hybridized carbons (Fsp3) is 0.200. The molecule has 2 rings (SSSR count). The van der Waals surface area contributed by atoms with E-state index in [-0.39, 0.29) is 16.7 Å². The Labute approximate surface area is 122 Å². The summed E-state index contributed by atoms with van der Waals surface area (Å²) in [5, 5.41) is 10.9. The van der Waals surface area contributed by atoms with Crippen molar-refractivity contribution in [2.75, 3.05) is 5.75 Å². The highest BCUT2D eigenvalue weighted by molar-refractivity contribution is 7.99. The van der Waals surface area contributed by atoms with Crippen molar-refractivity contribution in [2.45, 2.75) is 17.9 Å². The highest BCUT2D eigenvalue weighted by Gasteiger charge is 2.14. The van der Waals surface area contributed by atoms with E-state index in [0.29, 0.717) is 10.6 Å². The number of hydrogen-bond acceptors (Lipinski definition) is 4. The van der Waals surface area contributed by atoms with Crippen molar-refractivity contribution in [1.82, 2.24) is 0 Å². The van der Waals surface area contributed by atoms with Gasteiger partial charge in [-0.3, -0.25) is 10.1 Å². The summed E-state index contributed by atoms with van der Waals surface area (Å²) in [6, 6.07) is 14.6. The first-order valence-electron chi connectivity index (χ1n) is 6.26. The third-order valence-corrected chi connectivity index (χ3v) is 4.17. The van der Waals surface area contributed by atoms with E-state index in [1.165, 1.54) is 23.4 Å². The Morgan fingerprint density at radius 1 is 1.20 bits per heavy atom. The molecule has 0 aliphatic heterocycles. The predicted molar refractivity (Wildman–Crippen MR) is 81.9 cm³/mol. The molecule has 0 heterocycles. The molecule has 0 amide bonds. The minimum Gasteiger partial charge on any atom is -0.323 e. The zero-order chi connectivity index (χ0) is 14.5. The smallest absolute Gasteiger partial charge is 0.282 e. The molecule has 20 heavy (non-hydrogen) atoms. The van der Waals surface area contributed by atoms with Crippen LogP contribution in [0.4, 0.5) is 5.69 Å². The van der Waals surface area contributed by atoms with Crippen LogP contribution in [-0.2, 0) is 0 Å². The second-order valence-electron chi connectivity index (χ2n) is 4.55. The molecule has 2 aromatic carbocycles. The first kappa shape index (κ1) is 14.6. The maximum absolute atomic E-state index is 10.9. The van der Waals surface area contributed by atoms with Gasteiger partial charge in [0, 0.05) is 17.9 Å². The fourth-order valence-corrected chi connectivity index (χ4v) is 2.84. The van der Waals surface area contributed by atoms with Crippen molar-refractivity contribution in [1.29, 1.82) is 0 Å². The number of nitro groups is 1. The van der Waals surface area contributed by atoms with Crippen molar-refractivity contribution < 1.29 is 4.92 Å². The predicted octanol–water partition coefficient (Wildman–Crippen LogP) is 3.70. The Kier molecular flexibility index (Phi) is 4.76. The third-order valence-electron chi connectivity index (χ3n) is 2.99. The molecule has 0 spiro atoms. The van der Waals surface area contributed by atoms with E-state index >= 15 is 0 Å². The normalized spacial score (nSPS) is 12.1. The minimum atomic E-state index is -0.361. The molecule has 1 atom stereocenters. The minimum absolute atomic E-state index is 0.133. The van der Waals surface area contributed by atoms with Gasteiger partial charge in [-0.15, -0.1) is 11.8 Å². The first-order chi connectivity index (χ1) is 9.58. The van der Waals surface area contributed by atoms with Gasteiger partial charge in [0.05, 0.1) is 9.82 Å². The summed E-state index contributed by atoms with van der Waals surface area (Å²) < 4.78 is 0. The van der Waals surface area contributed by atoms with E-state index in [4.69, 9.17) is 5.73 Å². The quantitative estimate of drug-likeness (QED) is 0.517. The molecule has 0 saturated carbocycles. The Balaban J connectivity index is 2.05. The molecule has 1 unspecified atom stereocenters. The summed E-state index contributed by atoms with van der Waals surface area (Å²) in [4.78, 5) is 11.2. The van der Waals surface area contributed by atoms with Crippen LogP contribution < -0.4 is 5.73 Å². The number of nitro benzene ring substituents is 1. The average molecular weight is 288 g/mol. The van der Waals surface area contributed by atoms with Crippen LogP contribution in [0.3, 0.4) is 0 Å². The molecule has 0 aromatic heterocycles. The second-order valence-corrected chi connectivity index (χ2v) is 5.61. The summed E-state index contributed by atoms with van der Waals surface area (Å²) in [5.74, 6) is 0.605. The zero-order valence-electron chi connectivity index (χ0n) is 11.2. The summed E-state index contributed by atoms with van der Waals surface area (Å²) in [6.07, 6.45) is 0. The van der Waals surface area contributed by atoms with Crippen LogP contribution in [0.5, 0.6) is 0 Å². The number of para-hydroxylation sites is 1. The van der Waals surface area contributed by atoms with E-state index < -0.39 is 0 Å². The Morgan fingerprint density at radius 3 is 2.50 bits per heavy atom. The molecule has 4 nitrogen and oxygen atoms in total. The molecule has 0 saturated heterocycles. The molecular formula is C15H16N2O2S. The SMILES string of the molecule is Cc1ccc(C(N)CSc2ccccc2[N+](=O)[O-])cc1. The lowest BCUT2D eigenvalue weighted by molar-refractivity contribution is -0.387. The van der Waals surface area contributed by atoms with Gasteiger partial charge in [-0.05, 0) is 18.6 Å². The van der Waals surface area contributed by atoms with E-state index in [9.17, 15) is 10.1 Å². The van der Waals surface area contributed by atoms with E-state index in [1.807, 2.05) is 31.2 Å². The number of rotatable bonds is 5. The van der Waals surface area contributed by atoms with Crippen LogP contribution in [0.15, 0.2) is 53.4 Å². The van der Waals surface area contributed by atoms with Crippen molar-refractivity contribution >= 4 is 17.4 Å². The molecule has 5 heteroatoms. The van der Waals surface area contributed by atoms with Crippen LogP contribution in [0.2, 0.25) is 0 Å². The molecule has 0 aliphatic carbocycles. The number of aryl methyl sites for hydroxylation is 1. The monoisotopic (exact) mass is 288 g/mol. The Bertz CT molecular complexity index is 599. The van der Waals surface area contributed by atoms with Gasteiger partial charge in [0.1, 0.15) is 0 Å². The topological polar surface area (TPSA) is 69.2 Å². The number of hydrogen-bond donors (Lipinski definition) is 1. The molecule has 2 N–H and O–H groups in total. The first-order valence-corrected chi connectivity index (χ1v) is 7.25. The van der Waals surface area contributed by atoms with Gasteiger partial charge in [-0.25, -0.2) is 0 Å². The van der Waals surface area contributed by atoms with Crippen LogP contribution in [0.25, 0.3) is 0 Å². The summed E-state index contributed by atoms with van der Waals surface area (Å²) in [6.45, 7) is 2.03. The van der Waals surface area contributed by atoms with Crippen LogP contribution in [-0.4, -0.2) is 10.7 Å². The maximum Gasteiger partial charge on any atom is 0.282 e. The van der Waals surface area contributed by atoms with Gasteiger partial charge in [0.15, 0.2) is 0 Å². The van der Waals surface area contributed by atoms with E-state index in [2.05, 4.69) is 0 Å². The van der Waals surface area contributed by atoms with Gasteiger partial charge in [-0.1, -0.05) is 42.0 Å². The van der Waals surface area contributed by atoms with Crippen molar-refractivity contribution in [3.63, 3.8) is 0 Å². The molecular weight excluding hydrogens is 272 g/mol. The van der Waals surface area contributed by atoms with Crippen LogP contribution in [0, 0.1) is 17.0 Å². The molecule has 0 aliphatic rings. The second kappa shape index (κ2) is 6.54. The lowest BCUT2D eigenvalue weighted by Gasteiger charge is -2.12. The van der Waals surface area contributed by atoms with Gasteiger partial charge in [0.2, 0.25) is 0 Å². The van der Waals surface area contributed by atoms with Crippen molar-refractivity contribution in [3.8, 4) is 0 Å². The van der Waals surface area contributed by atoms with E-state index in [1.54, 1.807) is 18.2 Å². The number of nitrogens with two attached hydrogens (primary N) is 1. The summed E-state index contributed by atoms with van der Waals surface area (Å²) >= 11 is 1.42. The largest absolute Gasteiger partial charge is 0.323 e. The van der Waals surface area contributed by atoms with Gasteiger partial charge in [0.25, 0.3) is 5.69 Å². The Hall–Kier alpha value is -1.85. The standard InChI is InChI=1S/C15H16N2O2S/c1-11-6-8-12(9-7-11)13(16)10-20-15-5-3-2-4-14(15)17(18)19/h2-9,13H,10,16H2,1H3. The molecule has 0 bridgehead atoms. The van der Waals surface area contributed by atoms with Crippen molar-refractivity contribution in [3.05, 3.63) is 69.8 Å². The maximum atomic E-state index is 10.9. The molecule has 0 radical (unpaired) electrons. The Morgan fingerprint density at radius 2 is 1.85 bits per heavy atom. The lowest BCUT2D eigenvalue weighted by Crippen LogP contribution is -2.12. The summed E-state index contributed by atoms with van der Waals surface area (Å²) in [7, 11) is 0.